The van der Waals surface area contributed by atoms with Crippen molar-refractivity contribution in [1.82, 2.24) is 0 Å². The average Bonchev–Trinajstić information content (AvgIpc) is 2.26. The minimum Gasteiger partial charge on any atom is -0.497 e. The van der Waals surface area contributed by atoms with Crippen molar-refractivity contribution < 1.29 is 32.9 Å². The third kappa shape index (κ3) is 3.13. The lowest BCUT2D eigenvalue weighted by molar-refractivity contribution is -0.212. The molecule has 7 heteroatoms. The molecule has 0 heterocycles. The van der Waals surface area contributed by atoms with Gasteiger partial charge in [0.25, 0.3) is 0 Å². The van der Waals surface area contributed by atoms with E-state index in [4.69, 9.17) is 9.84 Å². The first-order valence-electron chi connectivity index (χ1n) is 4.89. The zero-order valence-corrected chi connectivity index (χ0v) is 9.31. The lowest BCUT2D eigenvalue weighted by Crippen LogP contribution is -2.35. The largest absolute Gasteiger partial charge is 0.497 e. The van der Waals surface area contributed by atoms with Crippen molar-refractivity contribution in [3.05, 3.63) is 29.8 Å². The van der Waals surface area contributed by atoms with Gasteiger partial charge >= 0.3 is 12.1 Å². The topological polar surface area (TPSA) is 66.8 Å². The van der Waals surface area contributed by atoms with Gasteiger partial charge in [0.05, 0.1) is 7.11 Å². The summed E-state index contributed by atoms with van der Waals surface area (Å²) in [5.41, 5.74) is -0.138. The molecule has 0 aliphatic rings. The summed E-state index contributed by atoms with van der Waals surface area (Å²) in [6.07, 6.45) is -7.18. The fraction of sp³-hybridized carbons (Fsp3) is 0.364. The van der Waals surface area contributed by atoms with E-state index in [1.54, 1.807) is 0 Å². The highest BCUT2D eigenvalue weighted by atomic mass is 19.4. The van der Waals surface area contributed by atoms with Crippen LogP contribution in [0.1, 0.15) is 11.7 Å². The zero-order valence-electron chi connectivity index (χ0n) is 9.31. The highest BCUT2D eigenvalue weighted by Gasteiger charge is 2.50. The number of rotatable bonds is 4. The lowest BCUT2D eigenvalue weighted by atomic mass is 9.95. The highest BCUT2D eigenvalue weighted by molar-refractivity contribution is 5.72. The fourth-order valence-corrected chi connectivity index (χ4v) is 1.45. The molecule has 0 saturated heterocycles. The summed E-state index contributed by atoms with van der Waals surface area (Å²) in [4.78, 5) is 10.6. The van der Waals surface area contributed by atoms with Gasteiger partial charge in [-0.05, 0) is 17.7 Å². The molecule has 2 N–H and O–H groups in total. The van der Waals surface area contributed by atoms with Crippen LogP contribution in [0, 0.1) is 5.92 Å². The van der Waals surface area contributed by atoms with Crippen LogP contribution < -0.4 is 4.74 Å². The number of carboxylic acids is 1. The summed E-state index contributed by atoms with van der Waals surface area (Å²) in [7, 11) is 1.38. The molecule has 2 atom stereocenters. The minimum absolute atomic E-state index is 0.138. The SMILES string of the molecule is COc1ccc([C@H](O)[C@@H](C(=O)O)C(F)(F)F)cc1. The number of halogens is 3. The molecule has 0 unspecified atom stereocenters. The van der Waals surface area contributed by atoms with Crippen LogP contribution in [0.15, 0.2) is 24.3 Å². The number of carbonyl (C=O) groups is 1. The Balaban J connectivity index is 3.02. The van der Waals surface area contributed by atoms with Gasteiger partial charge in [0.1, 0.15) is 11.9 Å². The molecule has 0 aliphatic carbocycles. The van der Waals surface area contributed by atoms with Crippen molar-refractivity contribution >= 4 is 5.97 Å². The standard InChI is InChI=1S/C11H11F3O4/c1-18-7-4-2-6(3-5-7)9(15)8(10(16)17)11(12,13)14/h2-5,8-9,15H,1H3,(H,16,17)/t8-,9-/m0/s1. The van der Waals surface area contributed by atoms with E-state index in [9.17, 15) is 23.1 Å². The van der Waals surface area contributed by atoms with Gasteiger partial charge in [-0.1, -0.05) is 12.1 Å². The van der Waals surface area contributed by atoms with Crippen LogP contribution in [-0.4, -0.2) is 29.5 Å². The van der Waals surface area contributed by atoms with Crippen LogP contribution in [0.3, 0.4) is 0 Å². The smallest absolute Gasteiger partial charge is 0.405 e. The van der Waals surface area contributed by atoms with E-state index in [0.29, 0.717) is 5.75 Å². The molecule has 0 spiro atoms. The molecule has 0 aliphatic heterocycles. The number of carboxylic acid groups (broad SMARTS) is 1. The van der Waals surface area contributed by atoms with Gasteiger partial charge in [-0.25, -0.2) is 0 Å². The molecule has 0 saturated carbocycles. The molecule has 18 heavy (non-hydrogen) atoms. The Bertz CT molecular complexity index is 413. The van der Waals surface area contributed by atoms with Gasteiger partial charge in [0.15, 0.2) is 5.92 Å². The molecule has 0 fully saturated rings. The Morgan fingerprint density at radius 2 is 1.78 bits per heavy atom. The first-order chi connectivity index (χ1) is 8.27. The van der Waals surface area contributed by atoms with E-state index < -0.39 is 24.2 Å². The Morgan fingerprint density at radius 1 is 1.28 bits per heavy atom. The monoisotopic (exact) mass is 264 g/mol. The Labute approximate surface area is 101 Å². The molecule has 1 aromatic rings. The summed E-state index contributed by atoms with van der Waals surface area (Å²) >= 11 is 0. The first kappa shape index (κ1) is 14.3. The maximum Gasteiger partial charge on any atom is 0.405 e. The van der Waals surface area contributed by atoms with Crippen LogP contribution in [0.5, 0.6) is 5.75 Å². The maximum absolute atomic E-state index is 12.5. The molecule has 1 aromatic carbocycles. The van der Waals surface area contributed by atoms with E-state index in [2.05, 4.69) is 0 Å². The molecule has 1 rings (SSSR count). The van der Waals surface area contributed by atoms with Gasteiger partial charge in [0, 0.05) is 0 Å². The van der Waals surface area contributed by atoms with Crippen molar-refractivity contribution in [3.63, 3.8) is 0 Å². The average molecular weight is 264 g/mol. The summed E-state index contributed by atoms with van der Waals surface area (Å²) in [6, 6.07) is 5.05. The van der Waals surface area contributed by atoms with Gasteiger partial charge in [-0.2, -0.15) is 13.2 Å². The minimum atomic E-state index is -5.02. The van der Waals surface area contributed by atoms with E-state index in [1.807, 2.05) is 0 Å². The predicted molar refractivity (Wildman–Crippen MR) is 55.1 cm³/mol. The second-order valence-corrected chi connectivity index (χ2v) is 3.58. The number of benzene rings is 1. The van der Waals surface area contributed by atoms with E-state index >= 15 is 0 Å². The summed E-state index contributed by atoms with van der Waals surface area (Å²) < 4.78 is 42.3. The molecule has 0 bridgehead atoms. The third-order valence-corrected chi connectivity index (χ3v) is 2.39. The highest BCUT2D eigenvalue weighted by Crippen LogP contribution is 2.36. The second-order valence-electron chi connectivity index (χ2n) is 3.58. The summed E-state index contributed by atoms with van der Waals surface area (Å²) in [5, 5.41) is 18.0. The van der Waals surface area contributed by atoms with Crippen molar-refractivity contribution in [3.8, 4) is 5.75 Å². The van der Waals surface area contributed by atoms with Crippen molar-refractivity contribution in [2.24, 2.45) is 5.92 Å². The number of ether oxygens (including phenoxy) is 1. The van der Waals surface area contributed by atoms with Crippen LogP contribution in [-0.2, 0) is 4.79 Å². The number of methoxy groups -OCH3 is 1. The van der Waals surface area contributed by atoms with Crippen molar-refractivity contribution in [2.75, 3.05) is 7.11 Å². The second kappa shape index (κ2) is 5.26. The van der Waals surface area contributed by atoms with Crippen LogP contribution in [0.4, 0.5) is 13.2 Å². The molecular formula is C11H11F3O4. The number of hydrogen-bond acceptors (Lipinski definition) is 3. The summed E-state index contributed by atoms with van der Waals surface area (Å²) in [6.45, 7) is 0. The van der Waals surface area contributed by atoms with Gasteiger partial charge in [-0.15, -0.1) is 0 Å². The zero-order chi connectivity index (χ0) is 13.9. The summed E-state index contributed by atoms with van der Waals surface area (Å²) in [5.74, 6) is -4.58. The van der Waals surface area contributed by atoms with Crippen molar-refractivity contribution in [1.29, 1.82) is 0 Å². The fourth-order valence-electron chi connectivity index (χ4n) is 1.45. The quantitative estimate of drug-likeness (QED) is 0.872. The number of alkyl halides is 3. The molecular weight excluding hydrogens is 253 g/mol. The Morgan fingerprint density at radius 3 is 2.11 bits per heavy atom. The first-order valence-corrected chi connectivity index (χ1v) is 4.89. The van der Waals surface area contributed by atoms with Crippen LogP contribution >= 0.6 is 0 Å². The maximum atomic E-state index is 12.5. The third-order valence-electron chi connectivity index (χ3n) is 2.39. The molecule has 4 nitrogen and oxygen atoms in total. The molecule has 100 valence electrons. The molecule has 0 aromatic heterocycles. The van der Waals surface area contributed by atoms with E-state index in [1.165, 1.54) is 31.4 Å². The number of hydrogen-bond donors (Lipinski definition) is 2. The number of aliphatic hydroxyl groups is 1. The van der Waals surface area contributed by atoms with Crippen LogP contribution in [0.2, 0.25) is 0 Å². The van der Waals surface area contributed by atoms with Gasteiger partial charge in [-0.3, -0.25) is 4.79 Å². The molecule has 0 radical (unpaired) electrons. The van der Waals surface area contributed by atoms with Crippen molar-refractivity contribution in [2.45, 2.75) is 12.3 Å². The lowest BCUT2D eigenvalue weighted by Gasteiger charge is -2.22. The normalized spacial score (nSPS) is 14.9. The number of aliphatic hydroxyl groups excluding tert-OH is 1. The number of aliphatic carboxylic acids is 1. The van der Waals surface area contributed by atoms with Gasteiger partial charge < -0.3 is 14.9 Å². The van der Waals surface area contributed by atoms with E-state index in [-0.39, 0.29) is 5.56 Å². The predicted octanol–water partition coefficient (Wildman–Crippen LogP) is 1.99. The Kier molecular flexibility index (Phi) is 4.18. The molecule has 0 amide bonds. The van der Waals surface area contributed by atoms with Gasteiger partial charge in [0.2, 0.25) is 0 Å². The van der Waals surface area contributed by atoms with Crippen LogP contribution in [0.25, 0.3) is 0 Å². The van der Waals surface area contributed by atoms with E-state index in [0.717, 1.165) is 0 Å². The Hall–Kier alpha value is -1.76.